The Kier molecular flexibility index (Phi) is 4.08. The Morgan fingerprint density at radius 3 is 2.90 bits per heavy atom. The van der Waals surface area contributed by atoms with Crippen LogP contribution < -0.4 is 5.32 Å². The molecule has 1 aliphatic heterocycles. The zero-order valence-corrected chi connectivity index (χ0v) is 13.2. The van der Waals surface area contributed by atoms with Gasteiger partial charge in [-0.15, -0.1) is 0 Å². The highest BCUT2D eigenvalue weighted by atomic mass is 79.9. The van der Waals surface area contributed by atoms with E-state index in [1.807, 2.05) is 12.1 Å². The van der Waals surface area contributed by atoms with Gasteiger partial charge in [-0.3, -0.25) is 4.79 Å². The second kappa shape index (κ2) is 5.82. The zero-order valence-electron chi connectivity index (χ0n) is 11.6. The van der Waals surface area contributed by atoms with E-state index < -0.39 is 0 Å². The van der Waals surface area contributed by atoms with Crippen molar-refractivity contribution < 1.29 is 4.79 Å². The summed E-state index contributed by atoms with van der Waals surface area (Å²) in [5, 5.41) is 3.47. The Labute approximate surface area is 128 Å². The van der Waals surface area contributed by atoms with E-state index >= 15 is 0 Å². The molecule has 0 atom stereocenters. The van der Waals surface area contributed by atoms with Crippen LogP contribution in [0.3, 0.4) is 0 Å². The Balaban J connectivity index is 1.90. The molecule has 108 valence electrons. The lowest BCUT2D eigenvalue weighted by Crippen LogP contribution is -2.63. The predicted octanol–water partition coefficient (Wildman–Crippen LogP) is 2.59. The first-order valence-electron chi connectivity index (χ1n) is 7.36. The summed E-state index contributed by atoms with van der Waals surface area (Å²) in [6.45, 7) is 2.57. The van der Waals surface area contributed by atoms with Crippen LogP contribution in [0.4, 0.5) is 0 Å². The minimum absolute atomic E-state index is 0.00451. The van der Waals surface area contributed by atoms with Gasteiger partial charge in [0.25, 0.3) is 5.91 Å². The Morgan fingerprint density at radius 2 is 2.15 bits per heavy atom. The molecule has 5 heteroatoms. The van der Waals surface area contributed by atoms with Crippen LogP contribution in [0.1, 0.15) is 42.6 Å². The highest BCUT2D eigenvalue weighted by molar-refractivity contribution is 9.10. The van der Waals surface area contributed by atoms with Crippen molar-refractivity contribution in [1.29, 1.82) is 0 Å². The smallest absolute Gasteiger partial charge is 0.274 e. The Hall–Kier alpha value is -0.940. The zero-order chi connectivity index (χ0) is 14.0. The van der Waals surface area contributed by atoms with Crippen molar-refractivity contribution in [2.45, 2.75) is 37.6 Å². The summed E-state index contributed by atoms with van der Waals surface area (Å²) in [6, 6.07) is 3.73. The third-order valence-electron chi connectivity index (χ3n) is 4.53. The fourth-order valence-corrected chi connectivity index (χ4v) is 3.91. The number of aromatic nitrogens is 1. The lowest BCUT2D eigenvalue weighted by molar-refractivity contribution is 0.0216. The summed E-state index contributed by atoms with van der Waals surface area (Å²) in [7, 11) is 0. The quantitative estimate of drug-likeness (QED) is 0.856. The van der Waals surface area contributed by atoms with Crippen LogP contribution in [0.2, 0.25) is 0 Å². The third-order valence-corrected chi connectivity index (χ3v) is 5.17. The van der Waals surface area contributed by atoms with Crippen molar-refractivity contribution in [3.8, 4) is 0 Å². The van der Waals surface area contributed by atoms with Crippen LogP contribution in [0.15, 0.2) is 22.8 Å². The predicted molar refractivity (Wildman–Crippen MR) is 81.7 cm³/mol. The normalized spacial score (nSPS) is 21.9. The first kappa shape index (κ1) is 14.0. The number of amides is 1. The Bertz CT molecular complexity index is 491. The standard InChI is InChI=1S/C15H20BrN3O/c16-12-5-4-8-18-13(12)14(20)19-10-9-17-11-15(19)6-2-1-3-7-15/h4-5,8,17H,1-3,6-7,9-11H2. The molecule has 0 aromatic carbocycles. The lowest BCUT2D eigenvalue weighted by Gasteiger charge is -2.49. The van der Waals surface area contributed by atoms with Crippen molar-refractivity contribution >= 4 is 21.8 Å². The van der Waals surface area contributed by atoms with E-state index in [2.05, 4.69) is 31.1 Å². The number of hydrogen-bond acceptors (Lipinski definition) is 3. The number of nitrogens with one attached hydrogen (secondary N) is 1. The first-order valence-corrected chi connectivity index (χ1v) is 8.15. The van der Waals surface area contributed by atoms with Gasteiger partial charge in [0, 0.05) is 30.3 Å². The van der Waals surface area contributed by atoms with Crippen LogP contribution in [-0.4, -0.2) is 41.0 Å². The van der Waals surface area contributed by atoms with Gasteiger partial charge >= 0.3 is 0 Å². The number of carbonyl (C=O) groups is 1. The van der Waals surface area contributed by atoms with E-state index in [1.54, 1.807) is 6.20 Å². The van der Waals surface area contributed by atoms with Crippen molar-refractivity contribution in [2.75, 3.05) is 19.6 Å². The second-order valence-corrected chi connectivity index (χ2v) is 6.61. The maximum absolute atomic E-state index is 12.9. The van der Waals surface area contributed by atoms with Gasteiger partial charge in [0.15, 0.2) is 0 Å². The van der Waals surface area contributed by atoms with Crippen LogP contribution >= 0.6 is 15.9 Å². The van der Waals surface area contributed by atoms with Gasteiger partial charge in [0.1, 0.15) is 5.69 Å². The molecule has 0 bridgehead atoms. The molecule has 2 heterocycles. The first-order chi connectivity index (χ1) is 9.73. The number of nitrogens with zero attached hydrogens (tertiary/aromatic N) is 2. The largest absolute Gasteiger partial charge is 0.329 e. The molecule has 1 aromatic rings. The monoisotopic (exact) mass is 337 g/mol. The fourth-order valence-electron chi connectivity index (χ4n) is 3.49. The number of carbonyl (C=O) groups excluding carboxylic acids is 1. The molecule has 0 unspecified atom stereocenters. The van der Waals surface area contributed by atoms with E-state index in [0.717, 1.165) is 36.9 Å². The molecule has 3 rings (SSSR count). The molecule has 1 spiro atoms. The van der Waals surface area contributed by atoms with Crippen LogP contribution in [-0.2, 0) is 0 Å². The van der Waals surface area contributed by atoms with Gasteiger partial charge in [0.2, 0.25) is 0 Å². The van der Waals surface area contributed by atoms with Crippen molar-refractivity contribution in [1.82, 2.24) is 15.2 Å². The van der Waals surface area contributed by atoms with E-state index in [4.69, 9.17) is 0 Å². The molecule has 0 radical (unpaired) electrons. The maximum atomic E-state index is 12.9. The van der Waals surface area contributed by atoms with E-state index in [9.17, 15) is 4.79 Å². The highest BCUT2D eigenvalue weighted by Crippen LogP contribution is 2.35. The number of pyridine rings is 1. The summed E-state index contributed by atoms with van der Waals surface area (Å²) in [6.07, 6.45) is 7.63. The summed E-state index contributed by atoms with van der Waals surface area (Å²) < 4.78 is 0.787. The Morgan fingerprint density at radius 1 is 1.35 bits per heavy atom. The van der Waals surface area contributed by atoms with Gasteiger partial charge in [-0.2, -0.15) is 0 Å². The molecule has 20 heavy (non-hydrogen) atoms. The number of hydrogen-bond donors (Lipinski definition) is 1. The molecule has 1 aliphatic carbocycles. The molecule has 1 amide bonds. The molecular weight excluding hydrogens is 318 g/mol. The average molecular weight is 338 g/mol. The lowest BCUT2D eigenvalue weighted by atomic mass is 9.79. The molecule has 4 nitrogen and oxygen atoms in total. The van der Waals surface area contributed by atoms with Gasteiger partial charge < -0.3 is 10.2 Å². The summed E-state index contributed by atoms with van der Waals surface area (Å²) in [4.78, 5) is 19.3. The van der Waals surface area contributed by atoms with Crippen LogP contribution in [0.25, 0.3) is 0 Å². The van der Waals surface area contributed by atoms with Crippen LogP contribution in [0, 0.1) is 0 Å². The van der Waals surface area contributed by atoms with E-state index in [0.29, 0.717) is 5.69 Å². The maximum Gasteiger partial charge on any atom is 0.274 e. The topological polar surface area (TPSA) is 45.2 Å². The average Bonchev–Trinajstić information content (AvgIpc) is 2.48. The van der Waals surface area contributed by atoms with E-state index in [-0.39, 0.29) is 11.4 Å². The van der Waals surface area contributed by atoms with Gasteiger partial charge in [-0.1, -0.05) is 19.3 Å². The molecule has 2 fully saturated rings. The number of halogens is 1. The second-order valence-electron chi connectivity index (χ2n) is 5.75. The number of rotatable bonds is 1. The third kappa shape index (κ3) is 2.49. The minimum atomic E-state index is 0.00451. The molecule has 2 aliphatic rings. The van der Waals surface area contributed by atoms with Crippen LogP contribution in [0.5, 0.6) is 0 Å². The molecular formula is C15H20BrN3O. The van der Waals surface area contributed by atoms with Crippen molar-refractivity contribution in [3.63, 3.8) is 0 Å². The summed E-state index contributed by atoms with van der Waals surface area (Å²) >= 11 is 3.45. The minimum Gasteiger partial charge on any atom is -0.329 e. The molecule has 1 aromatic heterocycles. The molecule has 1 N–H and O–H groups in total. The van der Waals surface area contributed by atoms with Gasteiger partial charge in [0.05, 0.1) is 5.54 Å². The van der Waals surface area contributed by atoms with Gasteiger partial charge in [-0.05, 0) is 40.9 Å². The highest BCUT2D eigenvalue weighted by Gasteiger charge is 2.42. The van der Waals surface area contributed by atoms with Gasteiger partial charge in [-0.25, -0.2) is 4.98 Å². The number of piperazine rings is 1. The van der Waals surface area contributed by atoms with E-state index in [1.165, 1.54) is 19.3 Å². The summed E-state index contributed by atoms with van der Waals surface area (Å²) in [5.74, 6) is 0.0703. The van der Waals surface area contributed by atoms with Crippen molar-refractivity contribution in [2.24, 2.45) is 0 Å². The molecule has 1 saturated carbocycles. The fraction of sp³-hybridized carbons (Fsp3) is 0.600. The van der Waals surface area contributed by atoms with Crippen molar-refractivity contribution in [3.05, 3.63) is 28.5 Å². The SMILES string of the molecule is O=C(c1ncccc1Br)N1CCNCC12CCCCC2. The summed E-state index contributed by atoms with van der Waals surface area (Å²) in [5.41, 5.74) is 0.546. The molecule has 1 saturated heterocycles.